The van der Waals surface area contributed by atoms with Crippen LogP contribution in [0.1, 0.15) is 15.9 Å². The largest absolute Gasteiger partial charge is 0.395 e. The predicted octanol–water partition coefficient (Wildman–Crippen LogP) is 1.73. The van der Waals surface area contributed by atoms with Crippen LogP contribution in [0.3, 0.4) is 0 Å². The quantitative estimate of drug-likeness (QED) is 0.857. The second kappa shape index (κ2) is 7.36. The van der Waals surface area contributed by atoms with Gasteiger partial charge in [-0.25, -0.2) is 0 Å². The van der Waals surface area contributed by atoms with E-state index < -0.39 is 0 Å². The zero-order valence-corrected chi connectivity index (χ0v) is 11.4. The van der Waals surface area contributed by atoms with Gasteiger partial charge >= 0.3 is 0 Å². The van der Waals surface area contributed by atoms with E-state index in [0.29, 0.717) is 23.7 Å². The molecule has 18 heavy (non-hydrogen) atoms. The number of hydrogen-bond acceptors (Lipinski definition) is 3. The Morgan fingerprint density at radius 3 is 2.78 bits per heavy atom. The summed E-state index contributed by atoms with van der Waals surface area (Å²) >= 11 is 6.00. The maximum absolute atomic E-state index is 12.3. The molecule has 0 saturated carbocycles. The van der Waals surface area contributed by atoms with Crippen LogP contribution in [0.15, 0.2) is 18.2 Å². The lowest BCUT2D eigenvalue weighted by atomic mass is 10.1. The molecule has 0 fully saturated rings. The molecular weight excluding hydrogens is 254 g/mol. The van der Waals surface area contributed by atoms with Crippen LogP contribution in [0.5, 0.6) is 0 Å². The monoisotopic (exact) mass is 271 g/mol. The molecule has 1 N–H and O–H groups in total. The predicted molar refractivity (Wildman–Crippen MR) is 71.1 cm³/mol. The van der Waals surface area contributed by atoms with E-state index >= 15 is 0 Å². The molecule has 4 nitrogen and oxygen atoms in total. The van der Waals surface area contributed by atoms with E-state index in [4.69, 9.17) is 21.4 Å². The Morgan fingerprint density at radius 2 is 2.17 bits per heavy atom. The first-order chi connectivity index (χ1) is 8.61. The molecule has 0 atom stereocenters. The van der Waals surface area contributed by atoms with Gasteiger partial charge in [-0.05, 0) is 24.6 Å². The minimum absolute atomic E-state index is 0.0743. The van der Waals surface area contributed by atoms with Crippen LogP contribution in [0.2, 0.25) is 5.02 Å². The molecule has 0 spiro atoms. The van der Waals surface area contributed by atoms with Gasteiger partial charge in [0.1, 0.15) is 0 Å². The van der Waals surface area contributed by atoms with E-state index in [1.54, 1.807) is 30.2 Å². The van der Waals surface area contributed by atoms with Crippen LogP contribution in [-0.2, 0) is 4.74 Å². The lowest BCUT2D eigenvalue weighted by Crippen LogP contribution is -2.36. The number of benzene rings is 1. The van der Waals surface area contributed by atoms with E-state index in [1.807, 2.05) is 6.92 Å². The van der Waals surface area contributed by atoms with E-state index in [-0.39, 0.29) is 19.1 Å². The van der Waals surface area contributed by atoms with Crippen LogP contribution in [0.25, 0.3) is 0 Å². The number of aliphatic hydroxyl groups excluding tert-OH is 1. The van der Waals surface area contributed by atoms with Gasteiger partial charge < -0.3 is 14.7 Å². The number of methoxy groups -OCH3 is 1. The van der Waals surface area contributed by atoms with E-state index in [9.17, 15) is 4.79 Å². The lowest BCUT2D eigenvalue weighted by Gasteiger charge is -2.22. The molecule has 0 radical (unpaired) electrons. The third-order valence-electron chi connectivity index (χ3n) is 2.72. The van der Waals surface area contributed by atoms with Crippen LogP contribution >= 0.6 is 11.6 Å². The van der Waals surface area contributed by atoms with Crippen molar-refractivity contribution in [2.24, 2.45) is 0 Å². The molecule has 1 rings (SSSR count). The van der Waals surface area contributed by atoms with Crippen molar-refractivity contribution in [3.63, 3.8) is 0 Å². The molecule has 100 valence electrons. The second-order valence-electron chi connectivity index (χ2n) is 3.92. The Kier molecular flexibility index (Phi) is 6.12. The Bertz CT molecular complexity index is 409. The van der Waals surface area contributed by atoms with Gasteiger partial charge in [0.25, 0.3) is 5.91 Å². The van der Waals surface area contributed by atoms with Crippen molar-refractivity contribution in [2.45, 2.75) is 6.92 Å². The molecule has 0 aliphatic rings. The summed E-state index contributed by atoms with van der Waals surface area (Å²) in [6.07, 6.45) is 0. The van der Waals surface area contributed by atoms with Crippen molar-refractivity contribution in [1.82, 2.24) is 4.90 Å². The van der Waals surface area contributed by atoms with E-state index in [1.165, 1.54) is 0 Å². The van der Waals surface area contributed by atoms with Gasteiger partial charge in [-0.2, -0.15) is 0 Å². The number of rotatable bonds is 6. The number of carbonyl (C=O) groups is 1. The number of aliphatic hydroxyl groups is 1. The van der Waals surface area contributed by atoms with Crippen LogP contribution in [0.4, 0.5) is 0 Å². The molecule has 1 amide bonds. The molecule has 1 aromatic carbocycles. The molecule has 0 saturated heterocycles. The summed E-state index contributed by atoms with van der Waals surface area (Å²) in [5.41, 5.74) is 1.32. The topological polar surface area (TPSA) is 49.8 Å². The summed E-state index contributed by atoms with van der Waals surface area (Å²) in [4.78, 5) is 13.9. The highest BCUT2D eigenvalue weighted by Crippen LogP contribution is 2.20. The van der Waals surface area contributed by atoms with Gasteiger partial charge in [0.05, 0.1) is 13.2 Å². The Balaban J connectivity index is 2.90. The Morgan fingerprint density at radius 1 is 1.44 bits per heavy atom. The first-order valence-electron chi connectivity index (χ1n) is 5.76. The molecule has 0 aliphatic heterocycles. The molecule has 0 aromatic heterocycles. The van der Waals surface area contributed by atoms with Crippen LogP contribution in [0, 0.1) is 6.92 Å². The molecule has 0 bridgehead atoms. The van der Waals surface area contributed by atoms with E-state index in [2.05, 4.69) is 0 Å². The molecule has 0 unspecified atom stereocenters. The van der Waals surface area contributed by atoms with Gasteiger partial charge in [0.15, 0.2) is 0 Å². The van der Waals surface area contributed by atoms with Crippen molar-refractivity contribution in [3.05, 3.63) is 34.3 Å². The highest BCUT2D eigenvalue weighted by molar-refractivity contribution is 6.31. The zero-order chi connectivity index (χ0) is 13.5. The average molecular weight is 272 g/mol. The third kappa shape index (κ3) is 3.70. The summed E-state index contributed by atoms with van der Waals surface area (Å²) < 4.78 is 4.96. The molecule has 0 heterocycles. The zero-order valence-electron chi connectivity index (χ0n) is 10.6. The van der Waals surface area contributed by atoms with Crippen molar-refractivity contribution < 1.29 is 14.6 Å². The minimum atomic E-state index is -0.138. The van der Waals surface area contributed by atoms with Gasteiger partial charge in [-0.15, -0.1) is 0 Å². The first kappa shape index (κ1) is 15.0. The third-order valence-corrected chi connectivity index (χ3v) is 3.13. The maximum atomic E-state index is 12.3. The normalized spacial score (nSPS) is 10.4. The van der Waals surface area contributed by atoms with Crippen LogP contribution in [-0.4, -0.2) is 49.3 Å². The number of carbonyl (C=O) groups excluding carboxylic acids is 1. The number of nitrogens with zero attached hydrogens (tertiary/aromatic N) is 1. The summed E-state index contributed by atoms with van der Waals surface area (Å²) in [5.74, 6) is -0.138. The number of halogens is 1. The van der Waals surface area contributed by atoms with Crippen molar-refractivity contribution in [1.29, 1.82) is 0 Å². The molecular formula is C13H18ClNO3. The lowest BCUT2D eigenvalue weighted by molar-refractivity contribution is 0.0656. The summed E-state index contributed by atoms with van der Waals surface area (Å²) in [7, 11) is 1.58. The van der Waals surface area contributed by atoms with Crippen molar-refractivity contribution >= 4 is 17.5 Å². The fourth-order valence-electron chi connectivity index (χ4n) is 1.65. The summed E-state index contributed by atoms with van der Waals surface area (Å²) in [6, 6.07) is 5.23. The SMILES string of the molecule is COCCN(CCO)C(=O)c1cccc(Cl)c1C. The summed E-state index contributed by atoms with van der Waals surface area (Å²) in [5, 5.41) is 9.56. The van der Waals surface area contributed by atoms with Crippen LogP contribution < -0.4 is 0 Å². The van der Waals surface area contributed by atoms with Gasteiger partial charge in [0.2, 0.25) is 0 Å². The highest BCUT2D eigenvalue weighted by atomic mass is 35.5. The minimum Gasteiger partial charge on any atom is -0.395 e. The maximum Gasteiger partial charge on any atom is 0.254 e. The first-order valence-corrected chi connectivity index (χ1v) is 6.13. The van der Waals surface area contributed by atoms with E-state index in [0.717, 1.165) is 5.56 Å². The number of hydrogen-bond donors (Lipinski definition) is 1. The van der Waals surface area contributed by atoms with Gasteiger partial charge in [0, 0.05) is 30.8 Å². The van der Waals surface area contributed by atoms with Gasteiger partial charge in [-0.1, -0.05) is 17.7 Å². The fraction of sp³-hybridized carbons (Fsp3) is 0.462. The number of amides is 1. The summed E-state index contributed by atoms with van der Waals surface area (Å²) in [6.45, 7) is 2.90. The molecule has 5 heteroatoms. The highest BCUT2D eigenvalue weighted by Gasteiger charge is 2.17. The molecule has 1 aromatic rings. The number of ether oxygens (including phenoxy) is 1. The van der Waals surface area contributed by atoms with Crippen molar-refractivity contribution in [3.8, 4) is 0 Å². The Hall–Kier alpha value is -1.10. The fourth-order valence-corrected chi connectivity index (χ4v) is 1.82. The Labute approximate surface area is 112 Å². The van der Waals surface area contributed by atoms with Crippen molar-refractivity contribution in [2.75, 3.05) is 33.4 Å². The smallest absolute Gasteiger partial charge is 0.254 e. The average Bonchev–Trinajstić information content (AvgIpc) is 2.37. The van der Waals surface area contributed by atoms with Gasteiger partial charge in [-0.3, -0.25) is 4.79 Å². The second-order valence-corrected chi connectivity index (χ2v) is 4.33. The standard InChI is InChI=1S/C13H18ClNO3/c1-10-11(4-3-5-12(10)14)13(17)15(6-8-16)7-9-18-2/h3-5,16H,6-9H2,1-2H3. The molecule has 0 aliphatic carbocycles.